The van der Waals surface area contributed by atoms with E-state index in [9.17, 15) is 14.4 Å². The highest BCUT2D eigenvalue weighted by atomic mass is 35.5. The maximum atomic E-state index is 11.8. The van der Waals surface area contributed by atoms with Gasteiger partial charge in [0, 0.05) is 6.54 Å². The molecular weight excluding hydrogens is 294 g/mol. The van der Waals surface area contributed by atoms with Gasteiger partial charge in [0.05, 0.1) is 17.1 Å². The van der Waals surface area contributed by atoms with Gasteiger partial charge in [-0.05, 0) is 26.0 Å². The Morgan fingerprint density at radius 1 is 1.19 bits per heavy atom. The molecule has 0 aliphatic carbocycles. The number of carbonyl (C=O) groups excluding carboxylic acids is 3. The summed E-state index contributed by atoms with van der Waals surface area (Å²) in [4.78, 5) is 34.9. The van der Waals surface area contributed by atoms with E-state index in [-0.39, 0.29) is 12.5 Å². The summed E-state index contributed by atoms with van der Waals surface area (Å²) >= 11 is 5.88. The van der Waals surface area contributed by atoms with E-state index in [0.717, 1.165) is 0 Å². The quantitative estimate of drug-likeness (QED) is 0.723. The summed E-state index contributed by atoms with van der Waals surface area (Å²) in [7, 11) is 0. The fourth-order valence-electron chi connectivity index (χ4n) is 1.59. The maximum absolute atomic E-state index is 11.8. The Balaban J connectivity index is 2.45. The number of rotatable bonds is 6. The van der Waals surface area contributed by atoms with Crippen molar-refractivity contribution in [1.82, 2.24) is 16.0 Å². The van der Waals surface area contributed by atoms with Gasteiger partial charge >= 0.3 is 0 Å². The van der Waals surface area contributed by atoms with Gasteiger partial charge in [0.15, 0.2) is 0 Å². The van der Waals surface area contributed by atoms with Gasteiger partial charge in [-0.15, -0.1) is 0 Å². The van der Waals surface area contributed by atoms with Crippen molar-refractivity contribution in [3.8, 4) is 0 Å². The molecule has 7 heteroatoms. The lowest BCUT2D eigenvalue weighted by Crippen LogP contribution is -2.47. The maximum Gasteiger partial charge on any atom is 0.253 e. The zero-order valence-electron chi connectivity index (χ0n) is 11.9. The first-order chi connectivity index (χ1) is 9.95. The van der Waals surface area contributed by atoms with Gasteiger partial charge in [-0.25, -0.2) is 0 Å². The largest absolute Gasteiger partial charge is 0.355 e. The molecule has 1 aromatic rings. The van der Waals surface area contributed by atoms with Gasteiger partial charge in [-0.1, -0.05) is 23.7 Å². The van der Waals surface area contributed by atoms with Crippen LogP contribution < -0.4 is 16.0 Å². The van der Waals surface area contributed by atoms with Gasteiger partial charge in [-0.3, -0.25) is 14.4 Å². The summed E-state index contributed by atoms with van der Waals surface area (Å²) in [6, 6.07) is 5.88. The molecule has 0 unspecified atom stereocenters. The normalized spacial score (nSPS) is 11.4. The van der Waals surface area contributed by atoms with E-state index in [1.807, 2.05) is 0 Å². The molecular formula is C14H18ClN3O3. The second-order valence-electron chi connectivity index (χ2n) is 4.35. The smallest absolute Gasteiger partial charge is 0.253 e. The molecule has 3 amide bonds. The summed E-state index contributed by atoms with van der Waals surface area (Å²) in [5.41, 5.74) is 0.295. The highest BCUT2D eigenvalue weighted by Gasteiger charge is 2.16. The highest BCUT2D eigenvalue weighted by Crippen LogP contribution is 2.14. The highest BCUT2D eigenvalue weighted by molar-refractivity contribution is 6.33. The van der Waals surface area contributed by atoms with Crippen molar-refractivity contribution < 1.29 is 14.4 Å². The van der Waals surface area contributed by atoms with Gasteiger partial charge in [0.1, 0.15) is 6.04 Å². The molecule has 0 saturated heterocycles. The van der Waals surface area contributed by atoms with E-state index in [0.29, 0.717) is 17.1 Å². The minimum Gasteiger partial charge on any atom is -0.355 e. The topological polar surface area (TPSA) is 87.3 Å². The van der Waals surface area contributed by atoms with Gasteiger partial charge in [-0.2, -0.15) is 0 Å². The fraction of sp³-hybridized carbons (Fsp3) is 0.357. The lowest BCUT2D eigenvalue weighted by atomic mass is 10.2. The van der Waals surface area contributed by atoms with Crippen LogP contribution in [0.5, 0.6) is 0 Å². The van der Waals surface area contributed by atoms with E-state index < -0.39 is 17.9 Å². The van der Waals surface area contributed by atoms with Crippen LogP contribution in [0.15, 0.2) is 24.3 Å². The van der Waals surface area contributed by atoms with E-state index in [1.165, 1.54) is 0 Å². The Labute approximate surface area is 128 Å². The number of carbonyl (C=O) groups is 3. The molecule has 0 spiro atoms. The third kappa shape index (κ3) is 5.43. The number of halogens is 1. The predicted molar refractivity (Wildman–Crippen MR) is 80.1 cm³/mol. The van der Waals surface area contributed by atoms with Gasteiger partial charge in [0.25, 0.3) is 5.91 Å². The molecule has 0 aromatic heterocycles. The number of hydrogen-bond donors (Lipinski definition) is 3. The Morgan fingerprint density at radius 2 is 1.86 bits per heavy atom. The third-order valence-electron chi connectivity index (χ3n) is 2.65. The number of nitrogens with one attached hydrogen (secondary N) is 3. The number of benzene rings is 1. The average Bonchev–Trinajstić information content (AvgIpc) is 2.45. The first-order valence-corrected chi connectivity index (χ1v) is 6.93. The number of hydrogen-bond acceptors (Lipinski definition) is 3. The summed E-state index contributed by atoms with van der Waals surface area (Å²) in [6.45, 7) is 3.62. The Kier molecular flexibility index (Phi) is 6.68. The van der Waals surface area contributed by atoms with Crippen molar-refractivity contribution in [2.24, 2.45) is 0 Å². The van der Waals surface area contributed by atoms with Gasteiger partial charge < -0.3 is 16.0 Å². The molecule has 0 radical (unpaired) electrons. The molecule has 6 nitrogen and oxygen atoms in total. The second-order valence-corrected chi connectivity index (χ2v) is 4.75. The molecule has 114 valence electrons. The van der Waals surface area contributed by atoms with Crippen molar-refractivity contribution in [1.29, 1.82) is 0 Å². The lowest BCUT2D eigenvalue weighted by molar-refractivity contribution is -0.128. The van der Waals surface area contributed by atoms with Crippen LogP contribution in [0.25, 0.3) is 0 Å². The average molecular weight is 312 g/mol. The Hall–Kier alpha value is -2.08. The summed E-state index contributed by atoms with van der Waals surface area (Å²) < 4.78 is 0. The van der Waals surface area contributed by atoms with Crippen LogP contribution in [0, 0.1) is 0 Å². The predicted octanol–water partition coefficient (Wildman–Crippen LogP) is 0.711. The van der Waals surface area contributed by atoms with Crippen LogP contribution in [0.3, 0.4) is 0 Å². The zero-order valence-corrected chi connectivity index (χ0v) is 12.7. The minimum absolute atomic E-state index is 0.228. The molecule has 3 N–H and O–H groups in total. The molecule has 1 aromatic carbocycles. The molecule has 0 bridgehead atoms. The van der Waals surface area contributed by atoms with Crippen LogP contribution in [0.1, 0.15) is 24.2 Å². The van der Waals surface area contributed by atoms with E-state index in [4.69, 9.17) is 11.6 Å². The molecule has 0 saturated carbocycles. The van der Waals surface area contributed by atoms with E-state index in [2.05, 4.69) is 16.0 Å². The Bertz CT molecular complexity index is 534. The molecule has 0 aliphatic heterocycles. The lowest BCUT2D eigenvalue weighted by Gasteiger charge is -2.13. The third-order valence-corrected chi connectivity index (χ3v) is 2.98. The summed E-state index contributed by atoms with van der Waals surface area (Å²) in [5.74, 6) is -1.17. The van der Waals surface area contributed by atoms with E-state index >= 15 is 0 Å². The van der Waals surface area contributed by atoms with Crippen LogP contribution in [-0.4, -0.2) is 36.9 Å². The second kappa shape index (κ2) is 8.26. The molecule has 1 rings (SSSR count). The molecule has 0 fully saturated rings. The number of amides is 3. The summed E-state index contributed by atoms with van der Waals surface area (Å²) in [6.07, 6.45) is 0. The molecule has 0 aliphatic rings. The monoisotopic (exact) mass is 311 g/mol. The first kappa shape index (κ1) is 17.0. The zero-order chi connectivity index (χ0) is 15.8. The van der Waals surface area contributed by atoms with Crippen LogP contribution >= 0.6 is 11.6 Å². The fourth-order valence-corrected chi connectivity index (χ4v) is 1.81. The van der Waals surface area contributed by atoms with Crippen LogP contribution in [0.4, 0.5) is 0 Å². The van der Waals surface area contributed by atoms with Crippen molar-refractivity contribution in [2.45, 2.75) is 19.9 Å². The standard InChI is InChI=1S/C14H18ClN3O3/c1-3-16-13(20)9(2)18-12(19)8-17-14(21)10-6-4-5-7-11(10)15/h4-7,9H,3,8H2,1-2H3,(H,16,20)(H,17,21)(H,18,19)/t9-/m0/s1. The number of likely N-dealkylation sites (N-methyl/N-ethyl adjacent to an activating group) is 1. The van der Waals surface area contributed by atoms with Crippen molar-refractivity contribution >= 4 is 29.3 Å². The molecule has 1 atom stereocenters. The minimum atomic E-state index is -0.658. The SMILES string of the molecule is CCNC(=O)[C@H](C)NC(=O)CNC(=O)c1ccccc1Cl. The summed E-state index contributed by atoms with van der Waals surface area (Å²) in [5, 5.41) is 7.84. The first-order valence-electron chi connectivity index (χ1n) is 6.55. The van der Waals surface area contributed by atoms with Crippen molar-refractivity contribution in [3.63, 3.8) is 0 Å². The van der Waals surface area contributed by atoms with Crippen LogP contribution in [0.2, 0.25) is 5.02 Å². The molecule has 0 heterocycles. The Morgan fingerprint density at radius 3 is 2.48 bits per heavy atom. The van der Waals surface area contributed by atoms with Crippen LogP contribution in [-0.2, 0) is 9.59 Å². The van der Waals surface area contributed by atoms with Gasteiger partial charge in [0.2, 0.25) is 11.8 Å². The molecule has 21 heavy (non-hydrogen) atoms. The van der Waals surface area contributed by atoms with Crippen molar-refractivity contribution in [3.05, 3.63) is 34.9 Å². The van der Waals surface area contributed by atoms with Crippen molar-refractivity contribution in [2.75, 3.05) is 13.1 Å². The van der Waals surface area contributed by atoms with E-state index in [1.54, 1.807) is 38.1 Å².